The Hall–Kier alpha value is -1.91. The van der Waals surface area contributed by atoms with E-state index in [1.165, 1.54) is 6.07 Å². The van der Waals surface area contributed by atoms with Crippen LogP contribution in [-0.4, -0.2) is 10.1 Å². The molecule has 4 nitrogen and oxygen atoms in total. The lowest BCUT2D eigenvalue weighted by Gasteiger charge is -1.97. The van der Waals surface area contributed by atoms with Gasteiger partial charge in [-0.1, -0.05) is 6.07 Å². The van der Waals surface area contributed by atoms with Gasteiger partial charge in [-0.05, 0) is 29.8 Å². The SMILES string of the molecule is Cc1ccc(-c2nc(N)no2)c(F)c1. The van der Waals surface area contributed by atoms with E-state index >= 15 is 0 Å². The van der Waals surface area contributed by atoms with Crippen LogP contribution in [0.1, 0.15) is 5.56 Å². The Labute approximate surface area is 79.5 Å². The first-order chi connectivity index (χ1) is 6.66. The van der Waals surface area contributed by atoms with Crippen molar-refractivity contribution in [3.63, 3.8) is 0 Å². The average Bonchev–Trinajstić information content (AvgIpc) is 2.51. The zero-order valence-corrected chi connectivity index (χ0v) is 7.49. The molecular weight excluding hydrogens is 185 g/mol. The molecule has 1 heterocycles. The fourth-order valence-corrected chi connectivity index (χ4v) is 1.14. The van der Waals surface area contributed by atoms with E-state index in [0.29, 0.717) is 0 Å². The molecule has 2 rings (SSSR count). The summed E-state index contributed by atoms with van der Waals surface area (Å²) in [7, 11) is 0. The van der Waals surface area contributed by atoms with Gasteiger partial charge in [-0.2, -0.15) is 4.98 Å². The van der Waals surface area contributed by atoms with E-state index in [1.54, 1.807) is 19.1 Å². The lowest BCUT2D eigenvalue weighted by Crippen LogP contribution is -1.88. The van der Waals surface area contributed by atoms with E-state index in [2.05, 4.69) is 10.1 Å². The van der Waals surface area contributed by atoms with Crippen LogP contribution in [0, 0.1) is 12.7 Å². The molecule has 0 saturated heterocycles. The lowest BCUT2D eigenvalue weighted by atomic mass is 10.1. The molecule has 1 aromatic heterocycles. The van der Waals surface area contributed by atoms with E-state index < -0.39 is 5.82 Å². The summed E-state index contributed by atoms with van der Waals surface area (Å²) in [5, 5.41) is 3.38. The van der Waals surface area contributed by atoms with Crippen molar-refractivity contribution in [2.75, 3.05) is 5.73 Å². The summed E-state index contributed by atoms with van der Waals surface area (Å²) in [6.07, 6.45) is 0. The van der Waals surface area contributed by atoms with Crippen molar-refractivity contribution in [1.29, 1.82) is 0 Å². The average molecular weight is 193 g/mol. The van der Waals surface area contributed by atoms with Gasteiger partial charge in [-0.25, -0.2) is 4.39 Å². The van der Waals surface area contributed by atoms with Crippen molar-refractivity contribution in [2.24, 2.45) is 0 Å². The third-order valence-corrected chi connectivity index (χ3v) is 1.80. The molecule has 0 amide bonds. The van der Waals surface area contributed by atoms with Crippen molar-refractivity contribution in [2.45, 2.75) is 6.92 Å². The molecule has 0 aliphatic heterocycles. The fourth-order valence-electron chi connectivity index (χ4n) is 1.14. The number of aryl methyl sites for hydroxylation is 1. The van der Waals surface area contributed by atoms with Crippen LogP contribution in [0.3, 0.4) is 0 Å². The molecule has 0 aliphatic carbocycles. The highest BCUT2D eigenvalue weighted by Crippen LogP contribution is 2.21. The second kappa shape index (κ2) is 3.10. The minimum absolute atomic E-state index is 0.0000231. The van der Waals surface area contributed by atoms with E-state index in [1.807, 2.05) is 0 Å². The van der Waals surface area contributed by atoms with E-state index in [0.717, 1.165) is 5.56 Å². The smallest absolute Gasteiger partial charge is 0.262 e. The topological polar surface area (TPSA) is 64.9 Å². The molecule has 0 spiro atoms. The Morgan fingerprint density at radius 1 is 1.43 bits per heavy atom. The second-order valence-electron chi connectivity index (χ2n) is 2.94. The molecule has 72 valence electrons. The number of nitrogens with two attached hydrogens (primary N) is 1. The standard InChI is InChI=1S/C9H8FN3O/c1-5-2-3-6(7(10)4-5)8-12-9(11)13-14-8/h2-4H,1H3,(H2,11,13). The number of halogens is 1. The molecule has 2 N–H and O–H groups in total. The van der Waals surface area contributed by atoms with Gasteiger partial charge in [0.25, 0.3) is 11.8 Å². The molecule has 0 atom stereocenters. The third kappa shape index (κ3) is 1.44. The Bertz CT molecular complexity index is 467. The van der Waals surface area contributed by atoms with Gasteiger partial charge in [0.15, 0.2) is 0 Å². The van der Waals surface area contributed by atoms with Crippen LogP contribution >= 0.6 is 0 Å². The van der Waals surface area contributed by atoms with Gasteiger partial charge in [0.1, 0.15) is 5.82 Å². The molecule has 0 saturated carbocycles. The number of anilines is 1. The van der Waals surface area contributed by atoms with Crippen molar-refractivity contribution in [1.82, 2.24) is 10.1 Å². The monoisotopic (exact) mass is 193 g/mol. The maximum Gasteiger partial charge on any atom is 0.262 e. The maximum atomic E-state index is 13.4. The van der Waals surface area contributed by atoms with Gasteiger partial charge >= 0.3 is 0 Å². The predicted molar refractivity (Wildman–Crippen MR) is 48.8 cm³/mol. The number of nitrogen functional groups attached to an aromatic ring is 1. The minimum Gasteiger partial charge on any atom is -0.365 e. The normalized spacial score (nSPS) is 10.4. The zero-order chi connectivity index (χ0) is 10.1. The number of benzene rings is 1. The molecule has 0 fully saturated rings. The second-order valence-corrected chi connectivity index (χ2v) is 2.94. The van der Waals surface area contributed by atoms with Gasteiger partial charge in [-0.15, -0.1) is 0 Å². The number of hydrogen-bond donors (Lipinski definition) is 1. The Morgan fingerprint density at radius 3 is 2.79 bits per heavy atom. The van der Waals surface area contributed by atoms with Gasteiger partial charge in [0, 0.05) is 0 Å². The molecule has 14 heavy (non-hydrogen) atoms. The summed E-state index contributed by atoms with van der Waals surface area (Å²) in [6.45, 7) is 1.80. The van der Waals surface area contributed by atoms with E-state index in [4.69, 9.17) is 10.3 Å². The van der Waals surface area contributed by atoms with Gasteiger partial charge < -0.3 is 10.3 Å². The number of nitrogens with zero attached hydrogens (tertiary/aromatic N) is 2. The van der Waals surface area contributed by atoms with Crippen molar-refractivity contribution < 1.29 is 8.91 Å². The highest BCUT2D eigenvalue weighted by atomic mass is 19.1. The summed E-state index contributed by atoms with van der Waals surface area (Å²) in [5.41, 5.74) is 6.35. The van der Waals surface area contributed by atoms with Crippen molar-refractivity contribution in [3.05, 3.63) is 29.6 Å². The van der Waals surface area contributed by atoms with E-state index in [9.17, 15) is 4.39 Å². The van der Waals surface area contributed by atoms with Crippen LogP contribution in [0.25, 0.3) is 11.5 Å². The predicted octanol–water partition coefficient (Wildman–Crippen LogP) is 1.77. The molecular formula is C9H8FN3O. The quantitative estimate of drug-likeness (QED) is 0.749. The first-order valence-electron chi connectivity index (χ1n) is 4.02. The largest absolute Gasteiger partial charge is 0.365 e. The first kappa shape index (κ1) is 8.68. The van der Waals surface area contributed by atoms with Crippen molar-refractivity contribution in [3.8, 4) is 11.5 Å². The Kier molecular flexibility index (Phi) is 1.92. The van der Waals surface area contributed by atoms with Crippen LogP contribution < -0.4 is 5.73 Å². The molecule has 0 aliphatic rings. The van der Waals surface area contributed by atoms with Crippen LogP contribution in [0.5, 0.6) is 0 Å². The van der Waals surface area contributed by atoms with Gasteiger partial charge in [0.2, 0.25) is 0 Å². The number of aromatic nitrogens is 2. The number of rotatable bonds is 1. The summed E-state index contributed by atoms with van der Waals surface area (Å²) in [4.78, 5) is 3.73. The first-order valence-corrected chi connectivity index (χ1v) is 4.02. The van der Waals surface area contributed by atoms with Gasteiger partial charge in [-0.3, -0.25) is 0 Å². The zero-order valence-electron chi connectivity index (χ0n) is 7.49. The number of hydrogen-bond acceptors (Lipinski definition) is 4. The Balaban J connectivity index is 2.52. The summed E-state index contributed by atoms with van der Waals surface area (Å²) in [5.74, 6) is -0.298. The minimum atomic E-state index is -0.395. The van der Waals surface area contributed by atoms with Crippen LogP contribution in [0.4, 0.5) is 10.3 Å². The molecule has 5 heteroatoms. The maximum absolute atomic E-state index is 13.4. The van der Waals surface area contributed by atoms with Gasteiger partial charge in [0.05, 0.1) is 5.56 Å². The molecule has 1 aromatic carbocycles. The van der Waals surface area contributed by atoms with Crippen LogP contribution in [0.15, 0.2) is 22.7 Å². The third-order valence-electron chi connectivity index (χ3n) is 1.80. The van der Waals surface area contributed by atoms with Crippen LogP contribution in [0.2, 0.25) is 0 Å². The molecule has 0 unspecified atom stereocenters. The van der Waals surface area contributed by atoms with Crippen molar-refractivity contribution >= 4 is 5.95 Å². The van der Waals surface area contributed by atoms with E-state index in [-0.39, 0.29) is 17.4 Å². The summed E-state index contributed by atoms with van der Waals surface area (Å²) < 4.78 is 18.1. The fraction of sp³-hybridized carbons (Fsp3) is 0.111. The van der Waals surface area contributed by atoms with Crippen LogP contribution in [-0.2, 0) is 0 Å². The highest BCUT2D eigenvalue weighted by Gasteiger charge is 2.11. The summed E-state index contributed by atoms with van der Waals surface area (Å²) in [6, 6.07) is 4.74. The lowest BCUT2D eigenvalue weighted by molar-refractivity contribution is 0.430. The Morgan fingerprint density at radius 2 is 2.21 bits per heavy atom. The molecule has 0 radical (unpaired) electrons. The molecule has 2 aromatic rings. The molecule has 0 bridgehead atoms. The summed E-state index contributed by atoms with van der Waals surface area (Å²) >= 11 is 0. The highest BCUT2D eigenvalue weighted by molar-refractivity contribution is 5.55.